The van der Waals surface area contributed by atoms with Gasteiger partial charge in [0.25, 0.3) is 0 Å². The quantitative estimate of drug-likeness (QED) is 0.290. The third-order valence-corrected chi connectivity index (χ3v) is 10.1. The van der Waals surface area contributed by atoms with Crippen LogP contribution in [0.1, 0.15) is 21.9 Å². The smallest absolute Gasteiger partial charge is 0.308 e. The minimum absolute atomic E-state index is 0.288. The lowest BCUT2D eigenvalue weighted by molar-refractivity contribution is -0.122. The van der Waals surface area contributed by atoms with Crippen molar-refractivity contribution in [2.75, 3.05) is 10.2 Å². The lowest BCUT2D eigenvalue weighted by atomic mass is 9.83. The molecule has 0 spiro atoms. The summed E-state index contributed by atoms with van der Waals surface area (Å²) in [5.74, 6) is -2.81. The Morgan fingerprint density at radius 2 is 1.62 bits per heavy atom. The molecule has 3 amide bonds. The van der Waals surface area contributed by atoms with Gasteiger partial charge in [0.05, 0.1) is 16.6 Å². The summed E-state index contributed by atoms with van der Waals surface area (Å²) in [6.07, 6.45) is 0. The van der Waals surface area contributed by atoms with Crippen LogP contribution in [0, 0.1) is 18.7 Å². The zero-order chi connectivity index (χ0) is 28.1. The number of aromatic nitrogens is 1. The Kier molecular flexibility index (Phi) is 6.97. The van der Waals surface area contributed by atoms with Crippen molar-refractivity contribution in [1.29, 1.82) is 0 Å². The van der Waals surface area contributed by atoms with Crippen LogP contribution in [-0.4, -0.2) is 27.5 Å². The molecule has 0 bridgehead atoms. The van der Waals surface area contributed by atoms with Gasteiger partial charge in [0.15, 0.2) is 0 Å². The molecule has 7 nitrogen and oxygen atoms in total. The van der Waals surface area contributed by atoms with E-state index in [4.69, 9.17) is 0 Å². The van der Waals surface area contributed by atoms with Crippen molar-refractivity contribution < 1.29 is 18.8 Å². The van der Waals surface area contributed by atoms with E-state index in [1.807, 2.05) is 43.3 Å². The second-order valence-corrected chi connectivity index (χ2v) is 12.7. The SMILES string of the molecule is Cc1ccc(N2C(=O)C3Sc4c(sc(=O)n4CC(=O)Nc4ccc(F)cc4)[C@H](c4ccc(Br)cc4)C3C2=O)cc1. The number of carbonyl (C=O) groups excluding carboxylic acids is 3. The number of anilines is 2. The summed E-state index contributed by atoms with van der Waals surface area (Å²) in [6.45, 7) is 1.64. The molecule has 3 atom stereocenters. The van der Waals surface area contributed by atoms with E-state index in [9.17, 15) is 23.6 Å². The highest BCUT2D eigenvalue weighted by atomic mass is 79.9. The van der Waals surface area contributed by atoms with Gasteiger partial charge in [-0.05, 0) is 61.0 Å². The lowest BCUT2D eigenvalue weighted by Crippen LogP contribution is -2.33. The van der Waals surface area contributed by atoms with Gasteiger partial charge in [0.1, 0.15) is 17.6 Å². The molecule has 202 valence electrons. The van der Waals surface area contributed by atoms with Crippen LogP contribution in [0.4, 0.5) is 15.8 Å². The Morgan fingerprint density at radius 1 is 0.950 bits per heavy atom. The van der Waals surface area contributed by atoms with Crippen molar-refractivity contribution in [3.63, 3.8) is 0 Å². The highest BCUT2D eigenvalue weighted by Gasteiger charge is 2.56. The van der Waals surface area contributed by atoms with Gasteiger partial charge in [-0.15, -0.1) is 0 Å². The maximum atomic E-state index is 13.9. The highest BCUT2D eigenvalue weighted by molar-refractivity contribution is 9.10. The number of rotatable bonds is 5. The van der Waals surface area contributed by atoms with E-state index in [-0.39, 0.29) is 23.2 Å². The topological polar surface area (TPSA) is 88.5 Å². The molecule has 11 heteroatoms. The number of nitrogens with zero attached hydrogens (tertiary/aromatic N) is 2. The average Bonchev–Trinajstić information content (AvgIpc) is 3.37. The Balaban J connectivity index is 1.40. The molecule has 6 rings (SSSR count). The van der Waals surface area contributed by atoms with E-state index in [1.54, 1.807) is 12.1 Å². The van der Waals surface area contributed by atoms with Crippen molar-refractivity contribution in [3.8, 4) is 0 Å². The van der Waals surface area contributed by atoms with E-state index < -0.39 is 28.8 Å². The normalized spacial score (nSPS) is 19.9. The van der Waals surface area contributed by atoms with Gasteiger partial charge >= 0.3 is 4.87 Å². The van der Waals surface area contributed by atoms with Crippen LogP contribution in [-0.2, 0) is 20.9 Å². The number of hydrogen-bond donors (Lipinski definition) is 1. The van der Waals surface area contributed by atoms with E-state index in [2.05, 4.69) is 21.2 Å². The van der Waals surface area contributed by atoms with E-state index in [0.29, 0.717) is 21.3 Å². The summed E-state index contributed by atoms with van der Waals surface area (Å²) in [6, 6.07) is 20.0. The molecular weight excluding hydrogens is 617 g/mol. The largest absolute Gasteiger partial charge is 0.325 e. The first-order chi connectivity index (χ1) is 19.2. The number of carbonyl (C=O) groups is 3. The third kappa shape index (κ3) is 4.71. The number of thioether (sulfide) groups is 1. The number of aryl methyl sites for hydroxylation is 1. The summed E-state index contributed by atoms with van der Waals surface area (Å²) in [7, 11) is 0. The molecule has 40 heavy (non-hydrogen) atoms. The number of amides is 3. The summed E-state index contributed by atoms with van der Waals surface area (Å²) in [5, 5.41) is 2.42. The number of nitrogens with one attached hydrogen (secondary N) is 1. The number of imide groups is 1. The fourth-order valence-corrected chi connectivity index (χ4v) is 8.15. The fourth-order valence-electron chi connectivity index (χ4n) is 5.11. The van der Waals surface area contributed by atoms with Gasteiger partial charge in [-0.2, -0.15) is 0 Å². The molecule has 1 aromatic heterocycles. The molecule has 1 N–H and O–H groups in total. The molecular formula is C29H21BrFN3O4S2. The Bertz CT molecular complexity index is 1700. The molecule has 4 aromatic rings. The lowest BCUT2D eigenvalue weighted by Gasteiger charge is -2.30. The van der Waals surface area contributed by atoms with Crippen molar-refractivity contribution in [1.82, 2.24) is 4.57 Å². The maximum absolute atomic E-state index is 13.9. The maximum Gasteiger partial charge on any atom is 0.308 e. The first-order valence-corrected chi connectivity index (χ1v) is 14.9. The van der Waals surface area contributed by atoms with Crippen LogP contribution in [0.2, 0.25) is 0 Å². The average molecular weight is 639 g/mol. The Morgan fingerprint density at radius 3 is 2.30 bits per heavy atom. The van der Waals surface area contributed by atoms with Gasteiger partial charge in [0, 0.05) is 21.0 Å². The molecule has 0 radical (unpaired) electrons. The zero-order valence-corrected chi connectivity index (χ0v) is 24.2. The second kappa shape index (κ2) is 10.5. The number of hydrogen-bond acceptors (Lipinski definition) is 6. The standard InChI is InChI=1S/C29H21BrFN3O4S2/c1-15-2-12-20(13-3-15)34-26(36)23-22(16-4-6-17(30)7-5-16)25-28(39-24(23)27(34)37)33(29(38)40-25)14-21(35)32-19-10-8-18(31)9-11-19/h2-13,22-24H,14H2,1H3,(H,32,35)/t22-,23?,24?/m1/s1. The summed E-state index contributed by atoms with van der Waals surface area (Å²) < 4.78 is 15.5. The van der Waals surface area contributed by atoms with Gasteiger partial charge in [-0.3, -0.25) is 23.7 Å². The van der Waals surface area contributed by atoms with Gasteiger partial charge in [-0.25, -0.2) is 9.29 Å². The van der Waals surface area contributed by atoms with Gasteiger partial charge in [-0.1, -0.05) is 68.9 Å². The van der Waals surface area contributed by atoms with Crippen LogP contribution in [0.25, 0.3) is 0 Å². The van der Waals surface area contributed by atoms with Crippen LogP contribution >= 0.6 is 39.0 Å². The van der Waals surface area contributed by atoms with E-state index in [1.165, 1.54) is 33.7 Å². The molecule has 2 aliphatic heterocycles. The summed E-state index contributed by atoms with van der Waals surface area (Å²) in [4.78, 5) is 55.3. The Labute approximate surface area is 245 Å². The van der Waals surface area contributed by atoms with Crippen molar-refractivity contribution >= 4 is 68.1 Å². The molecule has 0 aliphatic carbocycles. The number of benzene rings is 3. The van der Waals surface area contributed by atoms with Crippen molar-refractivity contribution in [3.05, 3.63) is 109 Å². The van der Waals surface area contributed by atoms with Crippen LogP contribution in [0.15, 0.2) is 87.1 Å². The summed E-state index contributed by atoms with van der Waals surface area (Å²) in [5.41, 5.74) is 2.71. The number of fused-ring (bicyclic) bond motifs is 2. The van der Waals surface area contributed by atoms with Crippen LogP contribution in [0.5, 0.6) is 0 Å². The Hall–Kier alpha value is -3.54. The molecule has 2 unspecified atom stereocenters. The second-order valence-electron chi connectivity index (χ2n) is 9.62. The van der Waals surface area contributed by atoms with Crippen molar-refractivity contribution in [2.45, 2.75) is 29.7 Å². The van der Waals surface area contributed by atoms with Crippen LogP contribution < -0.4 is 15.1 Å². The molecule has 1 fully saturated rings. The highest BCUT2D eigenvalue weighted by Crippen LogP contribution is 2.53. The molecule has 1 saturated heterocycles. The number of thiazole rings is 1. The first kappa shape index (κ1) is 26.7. The van der Waals surface area contributed by atoms with Crippen molar-refractivity contribution in [2.24, 2.45) is 5.92 Å². The van der Waals surface area contributed by atoms with Gasteiger partial charge < -0.3 is 5.32 Å². The predicted molar refractivity (Wildman–Crippen MR) is 156 cm³/mol. The predicted octanol–water partition coefficient (Wildman–Crippen LogP) is 5.55. The monoisotopic (exact) mass is 637 g/mol. The first-order valence-electron chi connectivity index (χ1n) is 12.4. The van der Waals surface area contributed by atoms with Crippen LogP contribution in [0.3, 0.4) is 0 Å². The minimum Gasteiger partial charge on any atom is -0.325 e. The molecule has 2 aliphatic rings. The molecule has 3 heterocycles. The minimum atomic E-state index is -0.768. The molecule has 0 saturated carbocycles. The summed E-state index contributed by atoms with van der Waals surface area (Å²) >= 11 is 5.60. The fraction of sp³-hybridized carbons (Fsp3) is 0.172. The molecule has 3 aromatic carbocycles. The van der Waals surface area contributed by atoms with Gasteiger partial charge in [0.2, 0.25) is 17.7 Å². The third-order valence-electron chi connectivity index (χ3n) is 7.00. The zero-order valence-electron chi connectivity index (χ0n) is 21.0. The van der Waals surface area contributed by atoms with E-state index in [0.717, 1.165) is 38.7 Å². The number of halogens is 2. The van der Waals surface area contributed by atoms with E-state index >= 15 is 0 Å².